The number of aromatic nitrogens is 4. The van der Waals surface area contributed by atoms with Crippen LogP contribution in [0.4, 0.5) is 10.1 Å². The van der Waals surface area contributed by atoms with E-state index < -0.39 is 5.41 Å². The minimum atomic E-state index is -0.788. The van der Waals surface area contributed by atoms with E-state index in [0.717, 1.165) is 34.9 Å². The molecule has 1 atom stereocenters. The number of fused-ring (bicyclic) bond motifs is 1. The predicted octanol–water partition coefficient (Wildman–Crippen LogP) is 5.51. The summed E-state index contributed by atoms with van der Waals surface area (Å²) in [4.78, 5) is 39.9. The number of carbonyl (C=O) groups is 2. The molecule has 5 aromatic rings. The van der Waals surface area contributed by atoms with Crippen LogP contribution in [0.5, 0.6) is 0 Å². The van der Waals surface area contributed by atoms with Gasteiger partial charge in [-0.1, -0.05) is 24.3 Å². The third-order valence-corrected chi connectivity index (χ3v) is 9.69. The number of amides is 2. The minimum Gasteiger partial charge on any atom is -0.384 e. The molecule has 10 nitrogen and oxygen atoms in total. The number of piperidine rings is 1. The van der Waals surface area contributed by atoms with Gasteiger partial charge in [-0.05, 0) is 85.8 Å². The number of likely N-dealkylation sites (tertiary alicyclic amines) is 2. The molecule has 2 N–H and O–H groups in total. The molecule has 7 rings (SSSR count). The van der Waals surface area contributed by atoms with Gasteiger partial charge in [-0.15, -0.1) is 0 Å². The summed E-state index contributed by atoms with van der Waals surface area (Å²) in [6, 6.07) is 22.0. The molecule has 2 saturated heterocycles. The maximum Gasteiger partial charge on any atom is 0.236 e. The molecule has 2 aliphatic rings. The summed E-state index contributed by atoms with van der Waals surface area (Å²) in [5, 5.41) is 11.3. The quantitative estimate of drug-likeness (QED) is 0.217. The molecule has 0 aliphatic carbocycles. The SMILES string of the molecule is COCC1(C(=O)Nc2ccc3[nH]nc(-c4ccc(F)cc4)c3c2)CCN(CC(=O)N2CCC(c3ccc(-c4ncccn4)cc3)CC2)C1. The second kappa shape index (κ2) is 13.6. The Morgan fingerprint density at radius 3 is 2.44 bits per heavy atom. The van der Waals surface area contributed by atoms with Gasteiger partial charge in [-0.25, -0.2) is 14.4 Å². The van der Waals surface area contributed by atoms with E-state index in [-0.39, 0.29) is 30.8 Å². The van der Waals surface area contributed by atoms with E-state index in [9.17, 15) is 14.0 Å². The molecule has 2 aliphatic heterocycles. The van der Waals surface area contributed by atoms with Crippen molar-refractivity contribution in [3.05, 3.63) is 96.6 Å². The molecule has 0 radical (unpaired) electrons. The Balaban J connectivity index is 0.953. The van der Waals surface area contributed by atoms with Crippen molar-refractivity contribution >= 4 is 28.4 Å². The molecule has 0 saturated carbocycles. The molecule has 3 aromatic carbocycles. The normalized spacial score (nSPS) is 18.8. The van der Waals surface area contributed by atoms with E-state index in [2.05, 4.69) is 54.6 Å². The van der Waals surface area contributed by atoms with Gasteiger partial charge >= 0.3 is 0 Å². The molecule has 11 heteroatoms. The Labute approximate surface area is 278 Å². The monoisotopic (exact) mass is 647 g/mol. The first-order valence-electron chi connectivity index (χ1n) is 16.3. The first kappa shape index (κ1) is 31.6. The number of aromatic amines is 1. The molecule has 2 fully saturated rings. The van der Waals surface area contributed by atoms with Gasteiger partial charge in [-0.2, -0.15) is 5.10 Å². The Kier molecular flexibility index (Phi) is 8.96. The van der Waals surface area contributed by atoms with Gasteiger partial charge in [-0.3, -0.25) is 19.6 Å². The summed E-state index contributed by atoms with van der Waals surface area (Å²) in [7, 11) is 1.60. The Hall–Kier alpha value is -5.00. The highest BCUT2D eigenvalue weighted by atomic mass is 19.1. The van der Waals surface area contributed by atoms with Crippen molar-refractivity contribution < 1.29 is 18.7 Å². The van der Waals surface area contributed by atoms with E-state index in [0.29, 0.717) is 55.7 Å². The van der Waals surface area contributed by atoms with Gasteiger partial charge in [0.25, 0.3) is 0 Å². The van der Waals surface area contributed by atoms with Gasteiger partial charge in [0.15, 0.2) is 5.82 Å². The van der Waals surface area contributed by atoms with Gasteiger partial charge in [0.1, 0.15) is 5.82 Å². The predicted molar refractivity (Wildman–Crippen MR) is 182 cm³/mol. The lowest BCUT2D eigenvalue weighted by molar-refractivity contribution is -0.134. The molecular weight excluding hydrogens is 609 g/mol. The van der Waals surface area contributed by atoms with Gasteiger partial charge in [0.05, 0.1) is 29.8 Å². The number of nitrogens with one attached hydrogen (secondary N) is 2. The number of hydrogen-bond donors (Lipinski definition) is 2. The topological polar surface area (TPSA) is 116 Å². The summed E-state index contributed by atoms with van der Waals surface area (Å²) in [5.74, 6) is 0.752. The van der Waals surface area contributed by atoms with Crippen LogP contribution in [0, 0.1) is 11.2 Å². The van der Waals surface area contributed by atoms with Crippen LogP contribution in [0.25, 0.3) is 33.5 Å². The largest absolute Gasteiger partial charge is 0.384 e. The zero-order valence-corrected chi connectivity index (χ0v) is 26.9. The standard InChI is InChI=1S/C37H38FN7O3/c1-48-24-37(36(47)41-30-11-12-32-31(21-30)34(43-42-32)27-7-9-29(38)10-8-27)15-20-44(23-37)22-33(46)45-18-13-26(14-19-45)25-3-5-28(6-4-25)35-39-16-2-17-40-35/h2-12,16-17,21,26H,13-15,18-20,22-24H2,1H3,(H,41,47)(H,42,43). The number of anilines is 1. The summed E-state index contributed by atoms with van der Waals surface area (Å²) in [6.45, 7) is 3.01. The van der Waals surface area contributed by atoms with Gasteiger partial charge < -0.3 is 15.0 Å². The van der Waals surface area contributed by atoms with Crippen LogP contribution in [0.15, 0.2) is 85.2 Å². The van der Waals surface area contributed by atoms with Gasteiger partial charge in [0, 0.05) is 61.3 Å². The number of H-pyrrole nitrogens is 1. The van der Waals surface area contributed by atoms with E-state index >= 15 is 0 Å². The maximum absolute atomic E-state index is 13.8. The van der Waals surface area contributed by atoms with Crippen LogP contribution in [-0.2, 0) is 14.3 Å². The molecule has 48 heavy (non-hydrogen) atoms. The molecule has 2 amide bonds. The average Bonchev–Trinajstić information content (AvgIpc) is 3.74. The molecular formula is C37H38FN7O3. The third-order valence-electron chi connectivity index (χ3n) is 9.69. The number of methoxy groups -OCH3 is 1. The number of benzene rings is 3. The van der Waals surface area contributed by atoms with Crippen LogP contribution in [-0.4, -0.2) is 88.2 Å². The Morgan fingerprint density at radius 2 is 1.71 bits per heavy atom. The zero-order valence-electron chi connectivity index (χ0n) is 26.9. The first-order valence-corrected chi connectivity index (χ1v) is 16.3. The second-order valence-electron chi connectivity index (χ2n) is 12.8. The number of hydrogen-bond acceptors (Lipinski definition) is 7. The number of ether oxygens (including phenoxy) is 1. The van der Waals surface area contributed by atoms with E-state index in [1.165, 1.54) is 17.7 Å². The summed E-state index contributed by atoms with van der Waals surface area (Å²) < 4.78 is 19.1. The third kappa shape index (κ3) is 6.56. The lowest BCUT2D eigenvalue weighted by Crippen LogP contribution is -2.46. The van der Waals surface area contributed by atoms with Crippen molar-refractivity contribution in [1.29, 1.82) is 0 Å². The van der Waals surface area contributed by atoms with Gasteiger partial charge in [0.2, 0.25) is 11.8 Å². The fourth-order valence-electron chi connectivity index (χ4n) is 7.03. The van der Waals surface area contributed by atoms with Crippen molar-refractivity contribution in [2.45, 2.75) is 25.2 Å². The van der Waals surface area contributed by atoms with Crippen molar-refractivity contribution in [2.24, 2.45) is 5.41 Å². The fraction of sp³-hybridized carbons (Fsp3) is 0.324. The summed E-state index contributed by atoms with van der Waals surface area (Å²) in [6.07, 6.45) is 5.89. The zero-order chi connectivity index (χ0) is 33.1. The van der Waals surface area contributed by atoms with Crippen molar-refractivity contribution in [3.8, 4) is 22.6 Å². The highest BCUT2D eigenvalue weighted by molar-refractivity contribution is 6.00. The van der Waals surface area contributed by atoms with Crippen LogP contribution < -0.4 is 5.32 Å². The number of carbonyl (C=O) groups excluding carboxylic acids is 2. The lowest BCUT2D eigenvalue weighted by Gasteiger charge is -2.33. The summed E-state index contributed by atoms with van der Waals surface area (Å²) in [5.41, 5.74) is 4.37. The lowest BCUT2D eigenvalue weighted by atomic mass is 9.86. The van der Waals surface area contributed by atoms with E-state index in [1.54, 1.807) is 31.6 Å². The van der Waals surface area contributed by atoms with Crippen LogP contribution in [0.1, 0.15) is 30.7 Å². The average molecular weight is 648 g/mol. The number of nitrogens with zero attached hydrogens (tertiary/aromatic N) is 5. The smallest absolute Gasteiger partial charge is 0.236 e. The molecule has 0 bridgehead atoms. The second-order valence-corrected chi connectivity index (χ2v) is 12.8. The number of halogens is 1. The van der Waals surface area contributed by atoms with Crippen molar-refractivity contribution in [3.63, 3.8) is 0 Å². The van der Waals surface area contributed by atoms with Crippen LogP contribution in [0.2, 0.25) is 0 Å². The fourth-order valence-corrected chi connectivity index (χ4v) is 7.03. The maximum atomic E-state index is 13.8. The first-order chi connectivity index (χ1) is 23.4. The van der Waals surface area contributed by atoms with E-state index in [1.807, 2.05) is 29.2 Å². The van der Waals surface area contributed by atoms with Crippen molar-refractivity contribution in [2.75, 3.05) is 51.8 Å². The minimum absolute atomic E-state index is 0.0948. The van der Waals surface area contributed by atoms with Crippen LogP contribution in [0.3, 0.4) is 0 Å². The van der Waals surface area contributed by atoms with E-state index in [4.69, 9.17) is 4.74 Å². The van der Waals surface area contributed by atoms with Crippen molar-refractivity contribution in [1.82, 2.24) is 30.0 Å². The molecule has 1 unspecified atom stereocenters. The number of rotatable bonds is 9. The Morgan fingerprint density at radius 1 is 0.979 bits per heavy atom. The highest BCUT2D eigenvalue weighted by Crippen LogP contribution is 2.35. The molecule has 2 aromatic heterocycles. The molecule has 0 spiro atoms. The summed E-state index contributed by atoms with van der Waals surface area (Å²) >= 11 is 0. The molecule has 4 heterocycles. The highest BCUT2D eigenvalue weighted by Gasteiger charge is 2.45. The molecule has 246 valence electrons. The van der Waals surface area contributed by atoms with Crippen LogP contribution >= 0.6 is 0 Å². The Bertz CT molecular complexity index is 1890.